The van der Waals surface area contributed by atoms with E-state index in [1.54, 1.807) is 13.0 Å². The summed E-state index contributed by atoms with van der Waals surface area (Å²) in [6.07, 6.45) is 1.56. The lowest BCUT2D eigenvalue weighted by molar-refractivity contribution is -0.137. The summed E-state index contributed by atoms with van der Waals surface area (Å²) in [7, 11) is 0. The molecule has 1 aromatic rings. The number of halogens is 1. The predicted octanol–water partition coefficient (Wildman–Crippen LogP) is 2.66. The molecule has 0 unspecified atom stereocenters. The van der Waals surface area contributed by atoms with Crippen LogP contribution in [0.3, 0.4) is 0 Å². The third-order valence-electron chi connectivity index (χ3n) is 3.57. The Morgan fingerprint density at radius 2 is 2.22 bits per heavy atom. The van der Waals surface area contributed by atoms with Crippen molar-refractivity contribution in [1.82, 2.24) is 0 Å². The molecule has 0 saturated carbocycles. The molecule has 1 heterocycles. The van der Waals surface area contributed by atoms with Gasteiger partial charge in [0.1, 0.15) is 5.82 Å². The molecule has 0 aliphatic carbocycles. The normalized spacial score (nSPS) is 17.2. The van der Waals surface area contributed by atoms with Gasteiger partial charge in [-0.2, -0.15) is 0 Å². The Morgan fingerprint density at radius 3 is 2.72 bits per heavy atom. The van der Waals surface area contributed by atoms with Crippen molar-refractivity contribution in [3.05, 3.63) is 35.1 Å². The molecule has 0 radical (unpaired) electrons. The molecule has 1 aromatic carbocycles. The predicted molar refractivity (Wildman–Crippen MR) is 65.1 cm³/mol. The van der Waals surface area contributed by atoms with Crippen LogP contribution >= 0.6 is 0 Å². The molecule has 4 heteroatoms. The van der Waals surface area contributed by atoms with E-state index in [4.69, 9.17) is 9.84 Å². The van der Waals surface area contributed by atoms with Crippen molar-refractivity contribution < 1.29 is 19.0 Å². The van der Waals surface area contributed by atoms with E-state index in [2.05, 4.69) is 0 Å². The summed E-state index contributed by atoms with van der Waals surface area (Å²) in [6.45, 7) is 2.93. The van der Waals surface area contributed by atoms with Crippen LogP contribution in [0.15, 0.2) is 18.2 Å². The number of carbonyl (C=O) groups is 1. The van der Waals surface area contributed by atoms with Crippen molar-refractivity contribution in [2.45, 2.75) is 31.6 Å². The number of carboxylic acids is 1. The highest BCUT2D eigenvalue weighted by atomic mass is 19.1. The van der Waals surface area contributed by atoms with Gasteiger partial charge in [-0.3, -0.25) is 4.79 Å². The molecule has 0 aromatic heterocycles. The monoisotopic (exact) mass is 252 g/mol. The largest absolute Gasteiger partial charge is 0.481 e. The number of aryl methyl sites for hydroxylation is 1. The third kappa shape index (κ3) is 2.53. The van der Waals surface area contributed by atoms with Crippen molar-refractivity contribution in [1.29, 1.82) is 0 Å². The summed E-state index contributed by atoms with van der Waals surface area (Å²) in [5.74, 6) is -0.986. The molecule has 0 amide bonds. The first kappa shape index (κ1) is 13.0. The standard InChI is InChI=1S/C14H17FO3/c1-10-7-11(4-5-12(10)15)14(8-18-9-14)6-2-3-13(16)17/h4-5,7H,2-3,6,8-9H2,1H3,(H,16,17). The van der Waals surface area contributed by atoms with Gasteiger partial charge in [-0.1, -0.05) is 12.1 Å². The van der Waals surface area contributed by atoms with Gasteiger partial charge >= 0.3 is 5.97 Å². The molecule has 1 saturated heterocycles. The van der Waals surface area contributed by atoms with E-state index in [9.17, 15) is 9.18 Å². The second-order valence-electron chi connectivity index (χ2n) is 4.98. The number of ether oxygens (including phenoxy) is 1. The Kier molecular flexibility index (Phi) is 3.66. The summed E-state index contributed by atoms with van der Waals surface area (Å²) in [5.41, 5.74) is 1.56. The lowest BCUT2D eigenvalue weighted by atomic mass is 9.74. The molecule has 1 N–H and O–H groups in total. The average molecular weight is 252 g/mol. The molecular formula is C14H17FO3. The molecule has 98 valence electrons. The van der Waals surface area contributed by atoms with Gasteiger partial charge in [-0.15, -0.1) is 0 Å². The van der Waals surface area contributed by atoms with Crippen molar-refractivity contribution >= 4 is 5.97 Å². The lowest BCUT2D eigenvalue weighted by Crippen LogP contribution is -2.46. The van der Waals surface area contributed by atoms with Gasteiger partial charge in [0.25, 0.3) is 0 Å². The smallest absolute Gasteiger partial charge is 0.303 e. The summed E-state index contributed by atoms with van der Waals surface area (Å²) in [5, 5.41) is 8.67. The highest BCUT2D eigenvalue weighted by Gasteiger charge is 2.39. The van der Waals surface area contributed by atoms with Crippen LogP contribution in [0.1, 0.15) is 30.4 Å². The Hall–Kier alpha value is -1.42. The van der Waals surface area contributed by atoms with E-state index in [1.165, 1.54) is 6.07 Å². The minimum atomic E-state index is -0.777. The van der Waals surface area contributed by atoms with Crippen LogP contribution in [0, 0.1) is 12.7 Å². The fourth-order valence-corrected chi connectivity index (χ4v) is 2.36. The number of benzene rings is 1. The van der Waals surface area contributed by atoms with Crippen molar-refractivity contribution in [3.63, 3.8) is 0 Å². The summed E-state index contributed by atoms with van der Waals surface area (Å²) < 4.78 is 18.5. The Balaban J connectivity index is 2.11. The minimum absolute atomic E-state index is 0.117. The van der Waals surface area contributed by atoms with Crippen LogP contribution in [0.5, 0.6) is 0 Å². The Bertz CT molecular complexity index is 452. The zero-order valence-corrected chi connectivity index (χ0v) is 10.4. The highest BCUT2D eigenvalue weighted by Crippen LogP contribution is 2.37. The number of hydrogen-bond acceptors (Lipinski definition) is 2. The van der Waals surface area contributed by atoms with Crippen LogP contribution in [0.4, 0.5) is 4.39 Å². The Labute approximate surface area is 106 Å². The van der Waals surface area contributed by atoms with E-state index >= 15 is 0 Å². The molecular weight excluding hydrogens is 235 g/mol. The van der Waals surface area contributed by atoms with Crippen molar-refractivity contribution in [2.75, 3.05) is 13.2 Å². The van der Waals surface area contributed by atoms with Gasteiger partial charge in [0.05, 0.1) is 13.2 Å². The molecule has 18 heavy (non-hydrogen) atoms. The second-order valence-corrected chi connectivity index (χ2v) is 4.98. The maximum atomic E-state index is 13.3. The molecule has 0 bridgehead atoms. The molecule has 0 spiro atoms. The number of rotatable bonds is 5. The van der Waals surface area contributed by atoms with Crippen molar-refractivity contribution in [3.8, 4) is 0 Å². The van der Waals surface area contributed by atoms with Gasteiger partial charge < -0.3 is 9.84 Å². The zero-order chi connectivity index (χ0) is 13.2. The van der Waals surface area contributed by atoms with Gasteiger partial charge in [-0.05, 0) is 37.0 Å². The molecule has 0 atom stereocenters. The van der Waals surface area contributed by atoms with E-state index in [-0.39, 0.29) is 17.7 Å². The lowest BCUT2D eigenvalue weighted by Gasteiger charge is -2.42. The fourth-order valence-electron chi connectivity index (χ4n) is 2.36. The fraction of sp³-hybridized carbons (Fsp3) is 0.500. The average Bonchev–Trinajstić information content (AvgIpc) is 2.26. The minimum Gasteiger partial charge on any atom is -0.481 e. The number of hydrogen-bond donors (Lipinski definition) is 1. The zero-order valence-electron chi connectivity index (χ0n) is 10.4. The van der Waals surface area contributed by atoms with Gasteiger partial charge in [0.15, 0.2) is 0 Å². The molecule has 1 aliphatic heterocycles. The van der Waals surface area contributed by atoms with E-state index in [0.717, 1.165) is 12.0 Å². The molecule has 1 aliphatic rings. The van der Waals surface area contributed by atoms with E-state index < -0.39 is 5.97 Å². The first-order valence-electron chi connectivity index (χ1n) is 6.10. The number of aliphatic carboxylic acids is 1. The maximum Gasteiger partial charge on any atom is 0.303 e. The van der Waals surface area contributed by atoms with E-state index in [1.807, 2.05) is 6.07 Å². The van der Waals surface area contributed by atoms with Crippen LogP contribution in [-0.2, 0) is 14.9 Å². The quantitative estimate of drug-likeness (QED) is 0.876. The highest BCUT2D eigenvalue weighted by molar-refractivity contribution is 5.66. The second kappa shape index (κ2) is 5.06. The molecule has 2 rings (SSSR count). The SMILES string of the molecule is Cc1cc(C2(CCCC(=O)O)COC2)ccc1F. The summed E-state index contributed by atoms with van der Waals surface area (Å²) >= 11 is 0. The van der Waals surface area contributed by atoms with E-state index in [0.29, 0.717) is 25.2 Å². The Morgan fingerprint density at radius 1 is 1.50 bits per heavy atom. The van der Waals surface area contributed by atoms with Gasteiger partial charge in [0, 0.05) is 11.8 Å². The maximum absolute atomic E-state index is 13.3. The van der Waals surface area contributed by atoms with Crippen molar-refractivity contribution in [2.24, 2.45) is 0 Å². The first-order chi connectivity index (χ1) is 8.53. The van der Waals surface area contributed by atoms with Crippen LogP contribution in [0.2, 0.25) is 0 Å². The topological polar surface area (TPSA) is 46.5 Å². The summed E-state index contributed by atoms with van der Waals surface area (Å²) in [4.78, 5) is 10.5. The van der Waals surface area contributed by atoms with Crippen LogP contribution < -0.4 is 0 Å². The molecule has 3 nitrogen and oxygen atoms in total. The number of carboxylic acid groups (broad SMARTS) is 1. The van der Waals surface area contributed by atoms with Crippen LogP contribution in [-0.4, -0.2) is 24.3 Å². The van der Waals surface area contributed by atoms with Crippen LogP contribution in [0.25, 0.3) is 0 Å². The first-order valence-corrected chi connectivity index (χ1v) is 6.10. The molecule has 1 fully saturated rings. The van der Waals surface area contributed by atoms with Gasteiger partial charge in [-0.25, -0.2) is 4.39 Å². The third-order valence-corrected chi connectivity index (χ3v) is 3.57. The summed E-state index contributed by atoms with van der Waals surface area (Å²) in [6, 6.07) is 5.10. The van der Waals surface area contributed by atoms with Gasteiger partial charge in [0.2, 0.25) is 0 Å².